The molecule has 1 unspecified atom stereocenters. The highest BCUT2D eigenvalue weighted by Gasteiger charge is 2.18. The van der Waals surface area contributed by atoms with Crippen molar-refractivity contribution < 1.29 is 38.0 Å². The zero-order valence-electron chi connectivity index (χ0n) is 22.2. The normalized spacial score (nSPS) is 14.1. The van der Waals surface area contributed by atoms with Crippen molar-refractivity contribution in [3.05, 3.63) is 77.9 Å². The van der Waals surface area contributed by atoms with Crippen molar-refractivity contribution in [3.8, 4) is 5.75 Å². The van der Waals surface area contributed by atoms with E-state index in [1.54, 1.807) is 13.8 Å². The van der Waals surface area contributed by atoms with E-state index in [1.807, 2.05) is 18.2 Å². The fourth-order valence-electron chi connectivity index (χ4n) is 3.73. The molecule has 8 nitrogen and oxygen atoms in total. The van der Waals surface area contributed by atoms with Crippen LogP contribution in [0.25, 0.3) is 10.8 Å². The molecule has 0 bridgehead atoms. The van der Waals surface area contributed by atoms with Crippen molar-refractivity contribution in [1.29, 1.82) is 0 Å². The molecule has 204 valence electrons. The van der Waals surface area contributed by atoms with Crippen LogP contribution >= 0.6 is 0 Å². The molecular formula is C30H36O8. The van der Waals surface area contributed by atoms with Gasteiger partial charge in [-0.25, -0.2) is 9.59 Å². The van der Waals surface area contributed by atoms with Gasteiger partial charge in [0.15, 0.2) is 0 Å². The molecule has 0 saturated heterocycles. The number of hydrogen-bond donors (Lipinski definition) is 0. The number of carbonyl (C=O) groups excluding carboxylic acids is 2. The zero-order valence-corrected chi connectivity index (χ0v) is 22.2. The number of hydrogen-bond acceptors (Lipinski definition) is 8. The van der Waals surface area contributed by atoms with E-state index in [0.717, 1.165) is 28.5 Å². The van der Waals surface area contributed by atoms with E-state index in [1.165, 1.54) is 5.56 Å². The molecule has 0 saturated carbocycles. The van der Waals surface area contributed by atoms with Crippen molar-refractivity contribution in [2.24, 2.45) is 0 Å². The number of ether oxygens (including phenoxy) is 6. The van der Waals surface area contributed by atoms with Gasteiger partial charge in [0.2, 0.25) is 0 Å². The molecule has 0 spiro atoms. The second-order valence-corrected chi connectivity index (χ2v) is 8.89. The van der Waals surface area contributed by atoms with Crippen molar-refractivity contribution in [1.82, 2.24) is 0 Å². The van der Waals surface area contributed by atoms with Crippen LogP contribution in [-0.4, -0.2) is 64.8 Å². The van der Waals surface area contributed by atoms with E-state index in [-0.39, 0.29) is 19.3 Å². The maximum Gasteiger partial charge on any atom is 0.333 e. The number of rotatable bonds is 16. The van der Waals surface area contributed by atoms with Gasteiger partial charge in [-0.2, -0.15) is 0 Å². The van der Waals surface area contributed by atoms with Crippen LogP contribution in [0.2, 0.25) is 0 Å². The number of esters is 2. The summed E-state index contributed by atoms with van der Waals surface area (Å²) in [7, 11) is 0. The number of carbonyl (C=O) groups is 2. The first-order valence-corrected chi connectivity index (χ1v) is 12.6. The second kappa shape index (κ2) is 15.1. The van der Waals surface area contributed by atoms with E-state index in [9.17, 15) is 9.59 Å². The quantitative estimate of drug-likeness (QED) is 0.136. The minimum atomic E-state index is -0.415. The summed E-state index contributed by atoms with van der Waals surface area (Å²) >= 11 is 0. The lowest BCUT2D eigenvalue weighted by Crippen LogP contribution is -2.15. The molecular weight excluding hydrogens is 488 g/mol. The average molecular weight is 525 g/mol. The average Bonchev–Trinajstić information content (AvgIpc) is 2.90. The van der Waals surface area contributed by atoms with Gasteiger partial charge in [-0.3, -0.25) is 0 Å². The van der Waals surface area contributed by atoms with Crippen LogP contribution < -0.4 is 4.74 Å². The highest BCUT2D eigenvalue weighted by atomic mass is 16.6. The highest BCUT2D eigenvalue weighted by molar-refractivity contribution is 5.87. The smallest absolute Gasteiger partial charge is 0.333 e. The molecule has 1 atom stereocenters. The van der Waals surface area contributed by atoms with Gasteiger partial charge in [0, 0.05) is 11.1 Å². The number of allylic oxidation sites excluding steroid dienone is 1. The Hall–Kier alpha value is -3.46. The van der Waals surface area contributed by atoms with Crippen LogP contribution in [0.3, 0.4) is 0 Å². The summed E-state index contributed by atoms with van der Waals surface area (Å²) in [5.41, 5.74) is 3.09. The van der Waals surface area contributed by atoms with Crippen LogP contribution in [0.1, 0.15) is 31.1 Å². The zero-order chi connectivity index (χ0) is 27.3. The molecule has 0 N–H and O–H groups in total. The van der Waals surface area contributed by atoms with Crippen LogP contribution in [0.15, 0.2) is 66.8 Å². The number of fused-ring (bicyclic) bond motifs is 2. The third-order valence-corrected chi connectivity index (χ3v) is 5.67. The molecule has 0 heterocycles. The Balaban J connectivity index is 1.42. The summed E-state index contributed by atoms with van der Waals surface area (Å²) in [6, 6.07) is 10.3. The first-order valence-electron chi connectivity index (χ1n) is 12.6. The maximum atomic E-state index is 11.4. The molecule has 0 aliphatic heterocycles. The van der Waals surface area contributed by atoms with Crippen molar-refractivity contribution >= 4 is 22.7 Å². The molecule has 1 aliphatic carbocycles. The van der Waals surface area contributed by atoms with Crippen LogP contribution in [0.5, 0.6) is 5.75 Å². The Kier molecular flexibility index (Phi) is 11.5. The highest BCUT2D eigenvalue weighted by Crippen LogP contribution is 2.33. The summed E-state index contributed by atoms with van der Waals surface area (Å²) in [6.45, 7) is 12.9. The molecule has 0 fully saturated rings. The lowest BCUT2D eigenvalue weighted by atomic mass is 9.91. The maximum absolute atomic E-state index is 11.4. The lowest BCUT2D eigenvalue weighted by molar-refractivity contribution is -0.141. The molecule has 8 heteroatoms. The van der Waals surface area contributed by atoms with Gasteiger partial charge in [0.25, 0.3) is 0 Å². The van der Waals surface area contributed by atoms with Gasteiger partial charge in [0.05, 0.1) is 33.0 Å². The summed E-state index contributed by atoms with van der Waals surface area (Å²) in [4.78, 5) is 22.7. The van der Waals surface area contributed by atoms with E-state index in [0.29, 0.717) is 50.8 Å². The third kappa shape index (κ3) is 9.13. The first kappa shape index (κ1) is 29.1. The van der Waals surface area contributed by atoms with Gasteiger partial charge in [-0.15, -0.1) is 0 Å². The summed E-state index contributed by atoms with van der Waals surface area (Å²) < 4.78 is 32.8. The molecule has 0 aromatic heterocycles. The minimum Gasteiger partial charge on any atom is -0.491 e. The second-order valence-electron chi connectivity index (χ2n) is 8.89. The van der Waals surface area contributed by atoms with Crippen LogP contribution in [0, 0.1) is 0 Å². The fraction of sp³-hybridized carbons (Fsp3) is 0.400. The lowest BCUT2D eigenvalue weighted by Gasteiger charge is -2.22. The summed E-state index contributed by atoms with van der Waals surface area (Å²) in [6.07, 6.45) is 4.88. The molecule has 3 rings (SSSR count). The minimum absolute atomic E-state index is 0.143. The van der Waals surface area contributed by atoms with E-state index in [4.69, 9.17) is 28.4 Å². The Morgan fingerprint density at radius 1 is 0.789 bits per heavy atom. The van der Waals surface area contributed by atoms with E-state index in [2.05, 4.69) is 37.4 Å². The summed E-state index contributed by atoms with van der Waals surface area (Å²) in [5.74, 6) is -0.0641. The van der Waals surface area contributed by atoms with Gasteiger partial charge in [-0.05, 0) is 60.4 Å². The molecule has 38 heavy (non-hydrogen) atoms. The Morgan fingerprint density at radius 2 is 1.42 bits per heavy atom. The third-order valence-electron chi connectivity index (χ3n) is 5.67. The van der Waals surface area contributed by atoms with Crippen LogP contribution in [-0.2, 0) is 39.7 Å². The first-order chi connectivity index (χ1) is 18.3. The van der Waals surface area contributed by atoms with Gasteiger partial charge in [-0.1, -0.05) is 37.4 Å². The Labute approximate surface area is 223 Å². The van der Waals surface area contributed by atoms with Crippen molar-refractivity contribution in [2.75, 3.05) is 52.9 Å². The Bertz CT molecular complexity index is 1170. The van der Waals surface area contributed by atoms with Gasteiger partial charge >= 0.3 is 11.9 Å². The van der Waals surface area contributed by atoms with Gasteiger partial charge in [0.1, 0.15) is 31.7 Å². The molecule has 2 aromatic rings. The fourth-order valence-corrected chi connectivity index (χ4v) is 3.73. The molecule has 0 amide bonds. The largest absolute Gasteiger partial charge is 0.491 e. The topological polar surface area (TPSA) is 89.5 Å². The number of benzene rings is 2. The van der Waals surface area contributed by atoms with Crippen molar-refractivity contribution in [2.45, 2.75) is 26.4 Å². The SMILES string of the molecule is C=C(C)C(=O)OCCOCCOc1ccc2cc3c(cc2c1)CC=CC3OCCOCCOC(=O)C(=C)C. The Morgan fingerprint density at radius 3 is 2.08 bits per heavy atom. The predicted molar refractivity (Wildman–Crippen MR) is 144 cm³/mol. The monoisotopic (exact) mass is 524 g/mol. The predicted octanol–water partition coefficient (Wildman–Crippen LogP) is 4.66. The molecule has 0 radical (unpaired) electrons. The molecule has 1 aliphatic rings. The summed E-state index contributed by atoms with van der Waals surface area (Å²) in [5, 5.41) is 2.20. The van der Waals surface area contributed by atoms with E-state index >= 15 is 0 Å². The van der Waals surface area contributed by atoms with Crippen LogP contribution in [0.4, 0.5) is 0 Å². The van der Waals surface area contributed by atoms with Gasteiger partial charge < -0.3 is 28.4 Å². The standard InChI is InChI=1S/C30H36O8/c1-21(2)29(31)37-16-12-33-10-14-35-26-9-8-23-20-27-24(18-25(23)19-26)6-5-7-28(27)36-15-11-34-13-17-38-30(32)22(3)4/h5,7-9,18-20,28H,1,3,6,10-17H2,2,4H3. The molecule has 2 aromatic carbocycles. The van der Waals surface area contributed by atoms with E-state index < -0.39 is 11.9 Å². The van der Waals surface area contributed by atoms with Crippen molar-refractivity contribution in [3.63, 3.8) is 0 Å².